The van der Waals surface area contributed by atoms with Crippen LogP contribution < -0.4 is 15.1 Å². The number of hydrogen-bond donors (Lipinski definition) is 2. The van der Waals surface area contributed by atoms with Gasteiger partial charge in [0.2, 0.25) is 0 Å². The van der Waals surface area contributed by atoms with Gasteiger partial charge in [-0.25, -0.2) is 4.79 Å². The first-order chi connectivity index (χ1) is 27.8. The van der Waals surface area contributed by atoms with E-state index in [0.717, 1.165) is 80.2 Å². The van der Waals surface area contributed by atoms with Gasteiger partial charge in [0.1, 0.15) is 6.10 Å². The fraction of sp³-hybridized carbons (Fsp3) is 0.658. The molecule has 4 heterocycles. The van der Waals surface area contributed by atoms with Crippen molar-refractivity contribution in [2.45, 2.75) is 58.2 Å². The van der Waals surface area contributed by atoms with E-state index in [2.05, 4.69) is 30.8 Å². The highest BCUT2D eigenvalue weighted by Crippen LogP contribution is 2.36. The van der Waals surface area contributed by atoms with Gasteiger partial charge in [-0.1, -0.05) is 42.8 Å². The average molecular weight is 916 g/mol. The van der Waals surface area contributed by atoms with Crippen LogP contribution in [-0.2, 0) is 27.3 Å². The highest BCUT2D eigenvalue weighted by molar-refractivity contribution is 6.32. The molecule has 4 aliphatic heterocycles. The Morgan fingerprint density at radius 1 is 0.683 bits per heavy atom. The molecule has 2 aromatic rings. The molecule has 0 aliphatic carbocycles. The molecule has 0 saturated carbocycles. The van der Waals surface area contributed by atoms with E-state index in [1.807, 2.05) is 29.2 Å². The lowest BCUT2D eigenvalue weighted by atomic mass is 10.1. The summed E-state index contributed by atoms with van der Waals surface area (Å²) in [7, 11) is 0. The SMILES string of the molecule is C.CC(O)C(F)(F)F.Clc1cccc(N2CCOCC2)c1CN1CCNCC1.O=C(OC(C(F)(F)F)C(F)(F)F)N1CCN(Cc2c(Cl)cccc2N2CCOCC2)CC1. The first-order valence-corrected chi connectivity index (χ1v) is 19.7. The summed E-state index contributed by atoms with van der Waals surface area (Å²) in [5.41, 5.74) is 4.35. The monoisotopic (exact) mass is 914 g/mol. The number of halogens is 11. The number of amides is 1. The maximum absolute atomic E-state index is 12.6. The third kappa shape index (κ3) is 15.7. The Balaban J connectivity index is 0.000000291. The van der Waals surface area contributed by atoms with Crippen LogP contribution in [0.2, 0.25) is 10.0 Å². The lowest BCUT2D eigenvalue weighted by Gasteiger charge is -2.36. The second-order valence-electron chi connectivity index (χ2n) is 14.0. The van der Waals surface area contributed by atoms with E-state index < -0.39 is 36.8 Å². The zero-order valence-electron chi connectivity index (χ0n) is 32.3. The minimum atomic E-state index is -5.74. The first kappa shape index (κ1) is 51.4. The molecule has 6 rings (SSSR count). The molecule has 0 radical (unpaired) electrons. The van der Waals surface area contributed by atoms with E-state index in [1.165, 1.54) is 11.3 Å². The molecule has 22 heteroatoms. The normalized spacial score (nSPS) is 19.1. The molecule has 1 unspecified atom stereocenters. The molecular weight excluding hydrogens is 862 g/mol. The van der Waals surface area contributed by atoms with Gasteiger partial charge in [0, 0.05) is 124 Å². The van der Waals surface area contributed by atoms with Gasteiger partial charge in [-0.2, -0.15) is 39.5 Å². The van der Waals surface area contributed by atoms with Gasteiger partial charge in [0.15, 0.2) is 0 Å². The van der Waals surface area contributed by atoms with Gasteiger partial charge < -0.3 is 39.3 Å². The fourth-order valence-electron chi connectivity index (χ4n) is 6.51. The summed E-state index contributed by atoms with van der Waals surface area (Å²) in [5, 5.41) is 12.6. The number of carbonyl (C=O) groups is 1. The number of alkyl halides is 9. The van der Waals surface area contributed by atoms with Crippen molar-refractivity contribution in [2.24, 2.45) is 0 Å². The number of nitrogens with zero attached hydrogens (tertiary/aromatic N) is 5. The number of aliphatic hydroxyl groups is 1. The van der Waals surface area contributed by atoms with Crippen molar-refractivity contribution in [1.82, 2.24) is 20.0 Å². The van der Waals surface area contributed by atoms with Crippen molar-refractivity contribution < 1.29 is 63.6 Å². The van der Waals surface area contributed by atoms with Gasteiger partial charge in [-0.05, 0) is 31.2 Å². The molecule has 11 nitrogen and oxygen atoms in total. The third-order valence-electron chi connectivity index (χ3n) is 9.78. The van der Waals surface area contributed by atoms with Gasteiger partial charge in [0.05, 0.1) is 26.4 Å². The predicted molar refractivity (Wildman–Crippen MR) is 211 cm³/mol. The first-order valence-electron chi connectivity index (χ1n) is 18.9. The summed E-state index contributed by atoms with van der Waals surface area (Å²) in [6.45, 7) is 12.8. The maximum Gasteiger partial charge on any atom is 0.434 e. The molecule has 2 N–H and O–H groups in total. The molecule has 4 saturated heterocycles. The van der Waals surface area contributed by atoms with E-state index in [0.29, 0.717) is 44.8 Å². The highest BCUT2D eigenvalue weighted by atomic mass is 35.5. The van der Waals surface area contributed by atoms with Gasteiger partial charge >= 0.3 is 24.6 Å². The number of carbonyl (C=O) groups excluding carboxylic acids is 1. The van der Waals surface area contributed by atoms with Gasteiger partial charge in [-0.15, -0.1) is 0 Å². The van der Waals surface area contributed by atoms with Crippen LogP contribution in [-0.4, -0.2) is 162 Å². The second-order valence-corrected chi connectivity index (χ2v) is 14.8. The Labute approximate surface area is 354 Å². The molecule has 4 fully saturated rings. The number of anilines is 2. The number of aliphatic hydroxyl groups excluding tert-OH is 1. The highest BCUT2D eigenvalue weighted by Gasteiger charge is 2.60. The van der Waals surface area contributed by atoms with Crippen molar-refractivity contribution in [3.05, 3.63) is 57.6 Å². The Bertz CT molecular complexity index is 1590. The average Bonchev–Trinajstić information content (AvgIpc) is 3.19. The molecule has 60 heavy (non-hydrogen) atoms. The number of rotatable bonds is 7. The zero-order valence-corrected chi connectivity index (χ0v) is 33.8. The Hall–Kier alpha value is -2.98. The van der Waals surface area contributed by atoms with Crippen LogP contribution in [0.3, 0.4) is 0 Å². The quantitative estimate of drug-likeness (QED) is 0.281. The molecule has 1 atom stereocenters. The summed E-state index contributed by atoms with van der Waals surface area (Å²) < 4.78 is 123. The number of ether oxygens (including phenoxy) is 3. The standard InChI is InChI=1S/C19H22ClF6N3O3.C15H22ClN3O.C3H5F3O.CH4/c20-14-2-1-3-15(28-8-10-31-11-9-28)13(14)12-27-4-6-29(7-5-27)17(30)32-16(18(21,22)23)19(24,25)26;16-14-2-1-3-15(19-8-10-20-11-9-19)13(14)12-18-6-4-17-5-7-18;1-2(7)3(4,5)6;/h1-3,16H,4-12H2;1-3,17H,4-12H2;2,7H,1H3;1H4. The topological polar surface area (TPSA) is 93.2 Å². The van der Waals surface area contributed by atoms with E-state index >= 15 is 0 Å². The molecule has 0 bridgehead atoms. The van der Waals surface area contributed by atoms with Crippen LogP contribution in [0.1, 0.15) is 25.5 Å². The summed E-state index contributed by atoms with van der Waals surface area (Å²) in [5.74, 6) is 0. The minimum Gasteiger partial charge on any atom is -0.426 e. The van der Waals surface area contributed by atoms with E-state index in [9.17, 15) is 44.3 Å². The predicted octanol–water partition coefficient (Wildman–Crippen LogP) is 7.07. The van der Waals surface area contributed by atoms with Crippen molar-refractivity contribution >= 4 is 40.7 Å². The van der Waals surface area contributed by atoms with Crippen molar-refractivity contribution in [2.75, 3.05) is 115 Å². The second kappa shape index (κ2) is 23.5. The summed E-state index contributed by atoms with van der Waals surface area (Å²) in [4.78, 5) is 21.7. The fourth-order valence-corrected chi connectivity index (χ4v) is 6.97. The molecule has 2 aromatic carbocycles. The maximum atomic E-state index is 12.6. The van der Waals surface area contributed by atoms with Crippen LogP contribution in [0.4, 0.5) is 55.7 Å². The molecule has 0 aromatic heterocycles. The van der Waals surface area contributed by atoms with Crippen LogP contribution in [0, 0.1) is 0 Å². The van der Waals surface area contributed by atoms with Crippen molar-refractivity contribution in [3.8, 4) is 0 Å². The van der Waals surface area contributed by atoms with Crippen molar-refractivity contribution in [3.63, 3.8) is 0 Å². The molecule has 342 valence electrons. The van der Waals surface area contributed by atoms with E-state index in [4.69, 9.17) is 37.8 Å². The van der Waals surface area contributed by atoms with Crippen molar-refractivity contribution in [1.29, 1.82) is 0 Å². The Kier molecular flexibility index (Phi) is 20.1. The summed E-state index contributed by atoms with van der Waals surface area (Å²) >= 11 is 12.9. The minimum absolute atomic E-state index is 0. The zero-order chi connectivity index (χ0) is 43.4. The Morgan fingerprint density at radius 2 is 1.07 bits per heavy atom. The van der Waals surface area contributed by atoms with E-state index in [1.54, 1.807) is 6.07 Å². The molecule has 4 aliphatic rings. The number of nitrogens with one attached hydrogen (secondary N) is 1. The lowest BCUT2D eigenvalue weighted by Crippen LogP contribution is -2.52. The molecular formula is C38H53Cl2F9N6O5. The summed E-state index contributed by atoms with van der Waals surface area (Å²) in [6, 6.07) is 11.8. The number of piperazine rings is 2. The number of benzene rings is 2. The number of morpholine rings is 2. The van der Waals surface area contributed by atoms with E-state index in [-0.39, 0.29) is 33.6 Å². The molecule has 1 amide bonds. The van der Waals surface area contributed by atoms with Gasteiger partial charge in [-0.3, -0.25) is 9.80 Å². The van der Waals surface area contributed by atoms with Crippen LogP contribution in [0.25, 0.3) is 0 Å². The number of hydrogen-bond acceptors (Lipinski definition) is 10. The smallest absolute Gasteiger partial charge is 0.426 e. The summed E-state index contributed by atoms with van der Waals surface area (Å²) in [6.07, 6.45) is -23.9. The van der Waals surface area contributed by atoms with Gasteiger partial charge in [0.25, 0.3) is 6.10 Å². The molecule has 0 spiro atoms. The third-order valence-corrected chi connectivity index (χ3v) is 10.5. The van der Waals surface area contributed by atoms with Crippen LogP contribution in [0.15, 0.2) is 36.4 Å². The van der Waals surface area contributed by atoms with Crippen LogP contribution >= 0.6 is 23.2 Å². The largest absolute Gasteiger partial charge is 0.434 e. The Morgan fingerprint density at radius 3 is 1.43 bits per heavy atom. The van der Waals surface area contributed by atoms with Crippen LogP contribution in [0.5, 0.6) is 0 Å². The lowest BCUT2D eigenvalue weighted by molar-refractivity contribution is -0.308.